The third kappa shape index (κ3) is 5.90. The molecule has 0 radical (unpaired) electrons. The van der Waals surface area contributed by atoms with Gasteiger partial charge in [-0.05, 0) is 54.5 Å². The largest absolute Gasteiger partial charge is 0.508 e. The highest BCUT2D eigenvalue weighted by atomic mass is 16.3. The van der Waals surface area contributed by atoms with Gasteiger partial charge in [-0.1, -0.05) is 48.5 Å². The number of aromatic hydroxyl groups is 1. The minimum atomic E-state index is -0.417. The Morgan fingerprint density at radius 1 is 0.900 bits per heavy atom. The van der Waals surface area contributed by atoms with E-state index in [0.29, 0.717) is 17.0 Å². The highest BCUT2D eigenvalue weighted by Gasteiger charge is 2.06. The van der Waals surface area contributed by atoms with Crippen molar-refractivity contribution in [2.75, 3.05) is 5.32 Å². The summed E-state index contributed by atoms with van der Waals surface area (Å²) in [5.41, 5.74) is 5.77. The molecule has 3 aromatic carbocycles. The number of nitrogens with zero attached hydrogens (tertiary/aromatic N) is 1. The summed E-state index contributed by atoms with van der Waals surface area (Å²) in [6.07, 6.45) is 3.22. The van der Waals surface area contributed by atoms with Gasteiger partial charge in [-0.15, -0.1) is 0 Å². The minimum Gasteiger partial charge on any atom is -0.508 e. The van der Waals surface area contributed by atoms with E-state index in [0.717, 1.165) is 11.1 Å². The minimum absolute atomic E-state index is 0.0135. The standard InChI is InChI=1S/C24H21N3O3/c1-17(26-27-24(30)20-8-5-9-22(28)16-20)19-11-13-21(14-12-19)25-23(29)15-10-18-6-3-2-4-7-18/h2-16,28H,1H3,(H,25,29)(H,27,30)/b15-10+,26-17-. The maximum atomic E-state index is 12.1. The lowest BCUT2D eigenvalue weighted by Gasteiger charge is -2.06. The average Bonchev–Trinajstić information content (AvgIpc) is 2.77. The van der Waals surface area contributed by atoms with E-state index in [1.165, 1.54) is 18.2 Å². The highest BCUT2D eigenvalue weighted by molar-refractivity contribution is 6.03. The van der Waals surface area contributed by atoms with Crippen LogP contribution in [0.2, 0.25) is 0 Å². The molecule has 6 nitrogen and oxygen atoms in total. The van der Waals surface area contributed by atoms with Crippen LogP contribution in [0.1, 0.15) is 28.4 Å². The number of hydrogen-bond donors (Lipinski definition) is 3. The number of carbonyl (C=O) groups excluding carboxylic acids is 2. The van der Waals surface area contributed by atoms with Crippen LogP contribution in [-0.4, -0.2) is 22.6 Å². The van der Waals surface area contributed by atoms with E-state index in [2.05, 4.69) is 15.8 Å². The molecule has 0 bridgehead atoms. The molecule has 0 heterocycles. The molecule has 3 N–H and O–H groups in total. The van der Waals surface area contributed by atoms with Gasteiger partial charge in [0, 0.05) is 17.3 Å². The molecule has 6 heteroatoms. The van der Waals surface area contributed by atoms with Crippen molar-refractivity contribution in [1.82, 2.24) is 5.43 Å². The molecule has 0 spiro atoms. The molecular formula is C24H21N3O3. The van der Waals surface area contributed by atoms with Gasteiger partial charge in [0.1, 0.15) is 5.75 Å². The fraction of sp³-hybridized carbons (Fsp3) is 0.0417. The Kier molecular flexibility index (Phi) is 6.74. The lowest BCUT2D eigenvalue weighted by molar-refractivity contribution is -0.111. The van der Waals surface area contributed by atoms with E-state index in [1.807, 2.05) is 30.3 Å². The molecule has 0 saturated carbocycles. The SMILES string of the molecule is C/C(=N/NC(=O)c1cccc(O)c1)c1ccc(NC(=O)/C=C/c2ccccc2)cc1. The van der Waals surface area contributed by atoms with Gasteiger partial charge in [-0.25, -0.2) is 5.43 Å². The molecule has 150 valence electrons. The van der Waals surface area contributed by atoms with E-state index in [1.54, 1.807) is 49.4 Å². The smallest absolute Gasteiger partial charge is 0.271 e. The number of rotatable bonds is 6. The molecule has 2 amide bonds. The van der Waals surface area contributed by atoms with Crippen molar-refractivity contribution >= 4 is 29.3 Å². The van der Waals surface area contributed by atoms with Crippen LogP contribution in [0.25, 0.3) is 6.08 Å². The van der Waals surface area contributed by atoms with E-state index >= 15 is 0 Å². The number of phenolic OH excluding ortho intramolecular Hbond substituents is 1. The van der Waals surface area contributed by atoms with Crippen LogP contribution in [0.15, 0.2) is 90.0 Å². The molecule has 0 aliphatic heterocycles. The van der Waals surface area contributed by atoms with Gasteiger partial charge in [0.15, 0.2) is 0 Å². The van der Waals surface area contributed by atoms with E-state index in [9.17, 15) is 14.7 Å². The Balaban J connectivity index is 1.57. The fourth-order valence-corrected chi connectivity index (χ4v) is 2.63. The Morgan fingerprint density at radius 3 is 2.33 bits per heavy atom. The van der Waals surface area contributed by atoms with Crippen molar-refractivity contribution in [1.29, 1.82) is 0 Å². The summed E-state index contributed by atoms with van der Waals surface area (Å²) in [4.78, 5) is 24.1. The number of benzene rings is 3. The van der Waals surface area contributed by atoms with E-state index in [-0.39, 0.29) is 11.7 Å². The van der Waals surface area contributed by atoms with Crippen LogP contribution < -0.4 is 10.7 Å². The molecule has 0 atom stereocenters. The quantitative estimate of drug-likeness (QED) is 0.330. The molecule has 0 fully saturated rings. The fourth-order valence-electron chi connectivity index (χ4n) is 2.63. The zero-order chi connectivity index (χ0) is 21.3. The zero-order valence-electron chi connectivity index (χ0n) is 16.4. The summed E-state index contributed by atoms with van der Waals surface area (Å²) < 4.78 is 0. The van der Waals surface area contributed by atoms with Crippen LogP contribution >= 0.6 is 0 Å². The lowest BCUT2D eigenvalue weighted by Crippen LogP contribution is -2.19. The summed E-state index contributed by atoms with van der Waals surface area (Å²) in [6.45, 7) is 1.76. The Morgan fingerprint density at radius 2 is 1.63 bits per heavy atom. The van der Waals surface area contributed by atoms with Crippen molar-refractivity contribution < 1.29 is 14.7 Å². The molecule has 0 aromatic heterocycles. The number of amides is 2. The van der Waals surface area contributed by atoms with Gasteiger partial charge in [-0.3, -0.25) is 9.59 Å². The predicted molar refractivity (Wildman–Crippen MR) is 118 cm³/mol. The highest BCUT2D eigenvalue weighted by Crippen LogP contribution is 2.12. The molecule has 3 aromatic rings. The first-order valence-corrected chi connectivity index (χ1v) is 9.29. The lowest BCUT2D eigenvalue weighted by atomic mass is 10.1. The summed E-state index contributed by atoms with van der Waals surface area (Å²) >= 11 is 0. The summed E-state index contributed by atoms with van der Waals surface area (Å²) in [7, 11) is 0. The number of hydrazone groups is 1. The first-order valence-electron chi connectivity index (χ1n) is 9.29. The van der Waals surface area contributed by atoms with Crippen LogP contribution in [0.3, 0.4) is 0 Å². The number of anilines is 1. The van der Waals surface area contributed by atoms with Crippen molar-refractivity contribution in [2.24, 2.45) is 5.10 Å². The van der Waals surface area contributed by atoms with Crippen LogP contribution in [-0.2, 0) is 4.79 Å². The first-order chi connectivity index (χ1) is 14.5. The third-order valence-electron chi connectivity index (χ3n) is 4.23. The second-order valence-corrected chi connectivity index (χ2v) is 6.50. The summed E-state index contributed by atoms with van der Waals surface area (Å²) in [5, 5.41) is 16.3. The number of carbonyl (C=O) groups is 2. The molecule has 0 unspecified atom stereocenters. The maximum Gasteiger partial charge on any atom is 0.271 e. The molecule has 0 aliphatic carbocycles. The average molecular weight is 399 g/mol. The van der Waals surface area contributed by atoms with Gasteiger partial charge in [0.25, 0.3) is 5.91 Å². The van der Waals surface area contributed by atoms with Gasteiger partial charge in [-0.2, -0.15) is 5.10 Å². The first kappa shape index (κ1) is 20.5. The number of phenols is 1. The van der Waals surface area contributed by atoms with Gasteiger partial charge in [0.2, 0.25) is 5.91 Å². The normalized spacial score (nSPS) is 11.3. The number of hydrogen-bond acceptors (Lipinski definition) is 4. The Hall–Kier alpha value is -4.19. The van der Waals surface area contributed by atoms with Crippen molar-refractivity contribution in [3.63, 3.8) is 0 Å². The Bertz CT molecular complexity index is 1090. The second-order valence-electron chi connectivity index (χ2n) is 6.50. The van der Waals surface area contributed by atoms with Crippen LogP contribution in [0.5, 0.6) is 5.75 Å². The Labute approximate surface area is 174 Å². The molecule has 3 rings (SSSR count). The molecule has 0 saturated heterocycles. The summed E-state index contributed by atoms with van der Waals surface area (Å²) in [5.74, 6) is -0.630. The monoisotopic (exact) mass is 399 g/mol. The van der Waals surface area contributed by atoms with Crippen molar-refractivity contribution in [3.05, 3.63) is 102 Å². The van der Waals surface area contributed by atoms with E-state index in [4.69, 9.17) is 0 Å². The van der Waals surface area contributed by atoms with Crippen molar-refractivity contribution in [3.8, 4) is 5.75 Å². The third-order valence-corrected chi connectivity index (χ3v) is 4.23. The zero-order valence-corrected chi connectivity index (χ0v) is 16.4. The van der Waals surface area contributed by atoms with Gasteiger partial charge >= 0.3 is 0 Å². The van der Waals surface area contributed by atoms with Gasteiger partial charge < -0.3 is 10.4 Å². The van der Waals surface area contributed by atoms with E-state index < -0.39 is 5.91 Å². The number of nitrogens with one attached hydrogen (secondary N) is 2. The topological polar surface area (TPSA) is 90.8 Å². The second kappa shape index (κ2) is 9.84. The predicted octanol–water partition coefficient (Wildman–Crippen LogP) is 4.20. The summed E-state index contributed by atoms with van der Waals surface area (Å²) in [6, 6.07) is 22.7. The maximum absolute atomic E-state index is 12.1. The van der Waals surface area contributed by atoms with Crippen molar-refractivity contribution in [2.45, 2.75) is 6.92 Å². The van der Waals surface area contributed by atoms with Crippen LogP contribution in [0, 0.1) is 0 Å². The molecule has 0 aliphatic rings. The molecular weight excluding hydrogens is 378 g/mol. The van der Waals surface area contributed by atoms with Crippen LogP contribution in [0.4, 0.5) is 5.69 Å². The molecule has 30 heavy (non-hydrogen) atoms. The van der Waals surface area contributed by atoms with Gasteiger partial charge in [0.05, 0.1) is 5.71 Å².